The van der Waals surface area contributed by atoms with Gasteiger partial charge in [-0.25, -0.2) is 8.42 Å². The smallest absolute Gasteiger partial charge is 0.373 e. The van der Waals surface area contributed by atoms with Crippen molar-refractivity contribution in [1.29, 1.82) is 0 Å². The molecule has 0 saturated carbocycles. The average molecular weight is 350 g/mol. The van der Waals surface area contributed by atoms with E-state index in [9.17, 15) is 34.8 Å². The highest BCUT2D eigenvalue weighted by Gasteiger charge is 2.73. The predicted octanol–water partition coefficient (Wildman–Crippen LogP) is 2.95. The maximum atomic E-state index is 12.7. The van der Waals surface area contributed by atoms with E-state index in [0.717, 1.165) is 12.1 Å². The Hall–Kier alpha value is -1.29. The third kappa shape index (κ3) is 3.37. The first kappa shape index (κ1) is 18.8. The van der Waals surface area contributed by atoms with Gasteiger partial charge in [0.1, 0.15) is 0 Å². The number of benzene rings is 1. The Morgan fingerprint density at radius 1 is 1.00 bits per heavy atom. The first-order valence-corrected chi connectivity index (χ1v) is 7.52. The van der Waals surface area contributed by atoms with Crippen LogP contribution in [0.4, 0.5) is 26.3 Å². The number of aliphatic hydroxyl groups is 1. The van der Waals surface area contributed by atoms with Crippen molar-refractivity contribution in [2.75, 3.05) is 5.75 Å². The van der Waals surface area contributed by atoms with Crippen LogP contribution in [0.2, 0.25) is 0 Å². The summed E-state index contributed by atoms with van der Waals surface area (Å²) in [6.45, 7) is 0.390. The van der Waals surface area contributed by atoms with Crippen molar-refractivity contribution >= 4 is 9.84 Å². The Morgan fingerprint density at radius 3 is 1.77 bits per heavy atom. The van der Waals surface area contributed by atoms with E-state index in [1.165, 1.54) is 18.2 Å². The highest BCUT2D eigenvalue weighted by atomic mass is 32.2. The normalized spacial score (nSPS) is 15.6. The molecule has 0 radical (unpaired) electrons. The first-order chi connectivity index (χ1) is 9.73. The molecule has 1 aromatic carbocycles. The van der Waals surface area contributed by atoms with Gasteiger partial charge in [0, 0.05) is 5.92 Å². The van der Waals surface area contributed by atoms with Gasteiger partial charge in [0.15, 0.2) is 9.84 Å². The van der Waals surface area contributed by atoms with Crippen LogP contribution in [0.5, 0.6) is 0 Å². The van der Waals surface area contributed by atoms with Crippen LogP contribution in [0.1, 0.15) is 6.92 Å². The van der Waals surface area contributed by atoms with Gasteiger partial charge in [0.25, 0.3) is 5.60 Å². The quantitative estimate of drug-likeness (QED) is 0.850. The minimum Gasteiger partial charge on any atom is -0.373 e. The van der Waals surface area contributed by atoms with Crippen molar-refractivity contribution in [3.63, 3.8) is 0 Å². The molecule has 0 bridgehead atoms. The van der Waals surface area contributed by atoms with Crippen molar-refractivity contribution < 1.29 is 39.9 Å². The summed E-state index contributed by atoms with van der Waals surface area (Å²) in [6, 6.07) is 6.07. The van der Waals surface area contributed by atoms with Gasteiger partial charge in [-0.2, -0.15) is 26.3 Å². The second-order valence-corrected chi connectivity index (χ2v) is 6.79. The van der Waals surface area contributed by atoms with Crippen molar-refractivity contribution in [2.24, 2.45) is 5.92 Å². The van der Waals surface area contributed by atoms with Gasteiger partial charge in [0.05, 0.1) is 10.6 Å². The van der Waals surface area contributed by atoms with Crippen molar-refractivity contribution in [1.82, 2.24) is 0 Å². The molecule has 126 valence electrons. The fraction of sp³-hybridized carbons (Fsp3) is 0.500. The standard InChI is InChI=1S/C12H12F6O3S/c1-8(10(19,11(13,14)15)12(16,17)18)7-22(20,21)9-5-3-2-4-6-9/h2-6,8,19H,7H2,1H3. The Labute approximate surface area is 122 Å². The largest absolute Gasteiger partial charge is 0.426 e. The SMILES string of the molecule is CC(CS(=O)(=O)c1ccccc1)C(O)(C(F)(F)F)C(F)(F)F. The molecule has 0 aromatic heterocycles. The molecule has 0 saturated heterocycles. The molecule has 10 heteroatoms. The van der Waals surface area contributed by atoms with E-state index in [-0.39, 0.29) is 0 Å². The third-order valence-corrected chi connectivity index (χ3v) is 5.08. The third-order valence-electron chi connectivity index (χ3n) is 3.15. The molecule has 1 atom stereocenters. The molecule has 0 aliphatic carbocycles. The monoisotopic (exact) mass is 350 g/mol. The summed E-state index contributed by atoms with van der Waals surface area (Å²) in [6.07, 6.45) is -12.1. The van der Waals surface area contributed by atoms with Crippen molar-refractivity contribution in [2.45, 2.75) is 29.8 Å². The second-order valence-electron chi connectivity index (χ2n) is 4.76. The fourth-order valence-corrected chi connectivity index (χ4v) is 3.56. The molecule has 0 aliphatic rings. The van der Waals surface area contributed by atoms with Crippen molar-refractivity contribution in [3.8, 4) is 0 Å². The second kappa shape index (κ2) is 5.73. The van der Waals surface area contributed by atoms with E-state index in [1.807, 2.05) is 0 Å². The van der Waals surface area contributed by atoms with Gasteiger partial charge in [-0.3, -0.25) is 0 Å². The van der Waals surface area contributed by atoms with E-state index in [2.05, 4.69) is 0 Å². The molecule has 0 spiro atoms. The highest BCUT2D eigenvalue weighted by molar-refractivity contribution is 7.91. The number of halogens is 6. The minimum atomic E-state index is -6.06. The maximum absolute atomic E-state index is 12.7. The Kier molecular flexibility index (Phi) is 4.88. The topological polar surface area (TPSA) is 54.4 Å². The number of rotatable bonds is 4. The lowest BCUT2D eigenvalue weighted by Gasteiger charge is -2.36. The van der Waals surface area contributed by atoms with Crippen LogP contribution in [0.15, 0.2) is 35.2 Å². The van der Waals surface area contributed by atoms with Gasteiger partial charge in [0.2, 0.25) is 0 Å². The summed E-state index contributed by atoms with van der Waals surface area (Å²) in [5, 5.41) is 9.15. The zero-order valence-corrected chi connectivity index (χ0v) is 11.9. The summed E-state index contributed by atoms with van der Waals surface area (Å²) in [5.41, 5.74) is -5.11. The zero-order valence-electron chi connectivity index (χ0n) is 11.1. The van der Waals surface area contributed by atoms with E-state index >= 15 is 0 Å². The summed E-state index contributed by atoms with van der Waals surface area (Å²) in [4.78, 5) is -0.423. The van der Waals surface area contributed by atoms with Crippen LogP contribution in [0, 0.1) is 5.92 Å². The molecule has 1 unspecified atom stereocenters. The van der Waals surface area contributed by atoms with E-state index in [4.69, 9.17) is 5.11 Å². The molecule has 1 N–H and O–H groups in total. The van der Waals surface area contributed by atoms with E-state index in [0.29, 0.717) is 6.92 Å². The number of hydrogen-bond donors (Lipinski definition) is 1. The Morgan fingerprint density at radius 2 is 1.41 bits per heavy atom. The van der Waals surface area contributed by atoms with E-state index < -0.39 is 44.4 Å². The van der Waals surface area contributed by atoms with Gasteiger partial charge >= 0.3 is 12.4 Å². The van der Waals surface area contributed by atoms with E-state index in [1.54, 1.807) is 0 Å². The van der Waals surface area contributed by atoms with Crippen molar-refractivity contribution in [3.05, 3.63) is 30.3 Å². The predicted molar refractivity (Wildman–Crippen MR) is 64.7 cm³/mol. The minimum absolute atomic E-state index is 0.390. The first-order valence-electron chi connectivity index (χ1n) is 5.87. The molecule has 0 fully saturated rings. The Bertz CT molecular complexity index is 592. The molecule has 1 rings (SSSR count). The van der Waals surface area contributed by atoms with Crippen LogP contribution >= 0.6 is 0 Å². The lowest BCUT2D eigenvalue weighted by molar-refractivity contribution is -0.381. The molecule has 0 aliphatic heterocycles. The maximum Gasteiger partial charge on any atom is 0.426 e. The highest BCUT2D eigenvalue weighted by Crippen LogP contribution is 2.48. The van der Waals surface area contributed by atoms with Gasteiger partial charge < -0.3 is 5.11 Å². The summed E-state index contributed by atoms with van der Waals surface area (Å²) >= 11 is 0. The van der Waals surface area contributed by atoms with Crippen LogP contribution in [0.3, 0.4) is 0 Å². The Balaban J connectivity index is 3.22. The number of sulfone groups is 1. The molecular weight excluding hydrogens is 338 g/mol. The molecule has 1 aromatic rings. The number of alkyl halides is 6. The summed E-state index contributed by atoms with van der Waals surface area (Å²) < 4.78 is 99.8. The summed E-state index contributed by atoms with van der Waals surface area (Å²) in [5.74, 6) is -4.15. The molecule has 22 heavy (non-hydrogen) atoms. The number of hydrogen-bond acceptors (Lipinski definition) is 3. The average Bonchev–Trinajstić information content (AvgIpc) is 2.35. The van der Waals surface area contributed by atoms with Crippen LogP contribution in [-0.4, -0.2) is 37.2 Å². The van der Waals surface area contributed by atoms with Gasteiger partial charge in [-0.15, -0.1) is 0 Å². The molecule has 3 nitrogen and oxygen atoms in total. The van der Waals surface area contributed by atoms with Crippen LogP contribution in [0.25, 0.3) is 0 Å². The van der Waals surface area contributed by atoms with Gasteiger partial charge in [-0.1, -0.05) is 25.1 Å². The molecule has 0 amide bonds. The molecular formula is C12H12F6O3S. The fourth-order valence-electron chi connectivity index (χ4n) is 1.89. The molecule has 0 heterocycles. The summed E-state index contributed by atoms with van der Waals surface area (Å²) in [7, 11) is -4.42. The van der Waals surface area contributed by atoms with Crippen LogP contribution < -0.4 is 0 Å². The van der Waals surface area contributed by atoms with Gasteiger partial charge in [-0.05, 0) is 12.1 Å². The zero-order chi connectivity index (χ0) is 17.4. The van der Waals surface area contributed by atoms with Crippen LogP contribution in [-0.2, 0) is 9.84 Å². The lowest BCUT2D eigenvalue weighted by atomic mass is 9.89. The lowest BCUT2D eigenvalue weighted by Crippen LogP contribution is -2.62.